The molecule has 0 aliphatic carbocycles. The third-order valence-electron chi connectivity index (χ3n) is 4.06. The summed E-state index contributed by atoms with van der Waals surface area (Å²) < 4.78 is 4.62. The molecule has 0 fully saturated rings. The Morgan fingerprint density at radius 3 is 1.90 bits per heavy atom. The molecule has 1 aromatic heterocycles. The van der Waals surface area contributed by atoms with E-state index in [1.165, 1.54) is 44.9 Å². The molecule has 2 nitrogen and oxygen atoms in total. The molecule has 1 rings (SSSR count). The van der Waals surface area contributed by atoms with Crippen molar-refractivity contribution in [3.8, 4) is 0 Å². The van der Waals surface area contributed by atoms with Crippen molar-refractivity contribution >= 4 is 0 Å². The molecule has 0 saturated heterocycles. The number of rotatable bonds is 8. The molecule has 0 unspecified atom stereocenters. The molecule has 1 aromatic rings. The van der Waals surface area contributed by atoms with Gasteiger partial charge in [0.25, 0.3) is 0 Å². The lowest BCUT2D eigenvalue weighted by Crippen LogP contribution is -2.32. The third-order valence-corrected chi connectivity index (χ3v) is 4.06. The topological polar surface area (TPSA) is 8.81 Å². The summed E-state index contributed by atoms with van der Waals surface area (Å²) in [6, 6.07) is 0. The summed E-state index contributed by atoms with van der Waals surface area (Å²) in [6.07, 6.45) is 16.3. The first-order valence-corrected chi connectivity index (χ1v) is 8.76. The highest BCUT2D eigenvalue weighted by molar-refractivity contribution is 4.78. The highest BCUT2D eigenvalue weighted by Crippen LogP contribution is 2.22. The van der Waals surface area contributed by atoms with Crippen molar-refractivity contribution in [3.63, 3.8) is 0 Å². The first kappa shape index (κ1) is 18.3. The predicted molar refractivity (Wildman–Crippen MR) is 91.4 cm³/mol. The predicted octanol–water partition coefficient (Wildman–Crippen LogP) is 5.31. The van der Waals surface area contributed by atoms with E-state index in [1.807, 2.05) is 0 Å². The molecule has 0 radical (unpaired) electrons. The molecular formula is C19H37N2+. The zero-order chi connectivity index (χ0) is 15.9. The van der Waals surface area contributed by atoms with Crippen LogP contribution in [0.4, 0.5) is 0 Å². The lowest BCUT2D eigenvalue weighted by molar-refractivity contribution is -0.697. The fourth-order valence-electron chi connectivity index (χ4n) is 2.58. The molecule has 0 N–H and O–H groups in total. The van der Waals surface area contributed by atoms with Gasteiger partial charge in [-0.15, -0.1) is 0 Å². The zero-order valence-electron chi connectivity index (χ0n) is 15.3. The van der Waals surface area contributed by atoms with Gasteiger partial charge in [0.15, 0.2) is 0 Å². The maximum Gasteiger partial charge on any atom is 0.244 e. The first-order valence-electron chi connectivity index (χ1n) is 8.76. The lowest BCUT2D eigenvalue weighted by atomic mass is 9.89. The van der Waals surface area contributed by atoms with Crippen LogP contribution < -0.4 is 4.57 Å². The molecule has 0 amide bonds. The van der Waals surface area contributed by atoms with Crippen LogP contribution in [0.2, 0.25) is 0 Å². The average molecular weight is 294 g/mol. The van der Waals surface area contributed by atoms with Crippen molar-refractivity contribution in [3.05, 3.63) is 18.7 Å². The zero-order valence-corrected chi connectivity index (χ0v) is 15.3. The Bertz CT molecular complexity index is 390. The van der Waals surface area contributed by atoms with Crippen molar-refractivity contribution < 1.29 is 4.57 Å². The van der Waals surface area contributed by atoms with E-state index in [9.17, 15) is 0 Å². The largest absolute Gasteiger partial charge is 0.244 e. The van der Waals surface area contributed by atoms with Crippen molar-refractivity contribution in [1.82, 2.24) is 4.57 Å². The molecule has 2 heteroatoms. The van der Waals surface area contributed by atoms with Gasteiger partial charge in [-0.1, -0.05) is 46.5 Å². The van der Waals surface area contributed by atoms with Crippen molar-refractivity contribution in [2.45, 2.75) is 98.6 Å². The normalized spacial score (nSPS) is 12.9. The molecule has 0 atom stereocenters. The van der Waals surface area contributed by atoms with E-state index in [-0.39, 0.29) is 5.54 Å². The van der Waals surface area contributed by atoms with Crippen LogP contribution in [0.25, 0.3) is 0 Å². The van der Waals surface area contributed by atoms with Crippen LogP contribution in [-0.2, 0) is 12.1 Å². The molecule has 0 bridgehead atoms. The summed E-state index contributed by atoms with van der Waals surface area (Å²) in [4.78, 5) is 0. The lowest BCUT2D eigenvalue weighted by Gasteiger charge is -2.17. The Morgan fingerprint density at radius 1 is 0.810 bits per heavy atom. The monoisotopic (exact) mass is 293 g/mol. The minimum Gasteiger partial charge on any atom is -0.237 e. The van der Waals surface area contributed by atoms with Gasteiger partial charge in [0.2, 0.25) is 6.33 Å². The van der Waals surface area contributed by atoms with Gasteiger partial charge in [0, 0.05) is 0 Å². The quantitative estimate of drug-likeness (QED) is 0.454. The highest BCUT2D eigenvalue weighted by Gasteiger charge is 2.18. The van der Waals surface area contributed by atoms with Crippen molar-refractivity contribution in [1.29, 1.82) is 0 Å². The van der Waals surface area contributed by atoms with E-state index in [1.54, 1.807) is 0 Å². The molecule has 0 aliphatic rings. The summed E-state index contributed by atoms with van der Waals surface area (Å²) in [5.74, 6) is 0. The number of hydrogen-bond donors (Lipinski definition) is 0. The molecule has 0 saturated carbocycles. The van der Waals surface area contributed by atoms with E-state index < -0.39 is 0 Å². The minimum absolute atomic E-state index is 0.193. The van der Waals surface area contributed by atoms with Gasteiger partial charge in [0.05, 0.1) is 6.54 Å². The number of unbranched alkanes of at least 4 members (excludes halogenated alkanes) is 5. The van der Waals surface area contributed by atoms with E-state index >= 15 is 0 Å². The van der Waals surface area contributed by atoms with Crippen LogP contribution in [0.5, 0.6) is 0 Å². The van der Waals surface area contributed by atoms with Crippen LogP contribution in [0.3, 0.4) is 0 Å². The summed E-state index contributed by atoms with van der Waals surface area (Å²) in [7, 11) is 0. The van der Waals surface area contributed by atoms with Gasteiger partial charge in [-0.05, 0) is 45.4 Å². The molecule has 0 aliphatic heterocycles. The fraction of sp³-hybridized carbons (Fsp3) is 0.842. The van der Waals surface area contributed by atoms with Gasteiger partial charge in [-0.25, -0.2) is 9.13 Å². The van der Waals surface area contributed by atoms with E-state index in [4.69, 9.17) is 0 Å². The van der Waals surface area contributed by atoms with Crippen LogP contribution in [-0.4, -0.2) is 4.57 Å². The average Bonchev–Trinajstić information content (AvgIpc) is 2.79. The van der Waals surface area contributed by atoms with Crippen LogP contribution >= 0.6 is 0 Å². The van der Waals surface area contributed by atoms with Crippen LogP contribution in [0.1, 0.15) is 86.5 Å². The van der Waals surface area contributed by atoms with Gasteiger partial charge < -0.3 is 0 Å². The minimum atomic E-state index is 0.193. The Hall–Kier alpha value is -0.790. The van der Waals surface area contributed by atoms with Crippen LogP contribution in [0.15, 0.2) is 18.7 Å². The summed E-state index contributed by atoms with van der Waals surface area (Å²) in [6.45, 7) is 14.9. The van der Waals surface area contributed by atoms with E-state index in [2.05, 4.69) is 69.4 Å². The SMILES string of the molecule is CC(C)(C)CCCCCCCC[n+]1ccn(C(C)(C)C)c1. The third kappa shape index (κ3) is 8.28. The number of hydrogen-bond acceptors (Lipinski definition) is 0. The number of imidazole rings is 1. The number of aromatic nitrogens is 2. The second kappa shape index (κ2) is 8.00. The molecule has 1 heterocycles. The fourth-order valence-corrected chi connectivity index (χ4v) is 2.58. The van der Waals surface area contributed by atoms with Gasteiger partial charge in [-0.3, -0.25) is 0 Å². The maximum absolute atomic E-state index is 2.34. The van der Waals surface area contributed by atoms with Crippen molar-refractivity contribution in [2.24, 2.45) is 5.41 Å². The Morgan fingerprint density at radius 2 is 1.38 bits per heavy atom. The van der Waals surface area contributed by atoms with Gasteiger partial charge in [0.1, 0.15) is 17.9 Å². The smallest absolute Gasteiger partial charge is 0.237 e. The summed E-state index contributed by atoms with van der Waals surface area (Å²) in [5.41, 5.74) is 0.704. The Balaban J connectivity index is 2.06. The molecular weight excluding hydrogens is 256 g/mol. The van der Waals surface area contributed by atoms with Gasteiger partial charge in [-0.2, -0.15) is 0 Å². The molecule has 0 aromatic carbocycles. The second-order valence-electron chi connectivity index (χ2n) is 8.66. The number of nitrogens with zero attached hydrogens (tertiary/aromatic N) is 2. The number of aryl methyl sites for hydroxylation is 1. The molecule has 0 spiro atoms. The molecule has 122 valence electrons. The molecule has 21 heavy (non-hydrogen) atoms. The first-order chi connectivity index (χ1) is 9.68. The van der Waals surface area contributed by atoms with E-state index in [0.717, 1.165) is 6.54 Å². The van der Waals surface area contributed by atoms with Crippen LogP contribution in [0, 0.1) is 5.41 Å². The summed E-state index contributed by atoms with van der Waals surface area (Å²) in [5, 5.41) is 0. The standard InChI is InChI=1S/C19H37N2/c1-18(2,3)13-11-9-7-8-10-12-14-20-15-16-21(17-20)19(4,5)6/h15-17H,7-14H2,1-6H3/q+1. The second-order valence-corrected chi connectivity index (χ2v) is 8.66. The van der Waals surface area contributed by atoms with E-state index in [0.29, 0.717) is 5.41 Å². The maximum atomic E-state index is 2.34. The Labute approximate surface area is 132 Å². The highest BCUT2D eigenvalue weighted by atomic mass is 15.1. The van der Waals surface area contributed by atoms with Gasteiger partial charge >= 0.3 is 0 Å². The summed E-state index contributed by atoms with van der Waals surface area (Å²) >= 11 is 0. The van der Waals surface area contributed by atoms with Crippen molar-refractivity contribution in [2.75, 3.05) is 0 Å². The Kier molecular flexibility index (Phi) is 6.96.